The SMILES string of the molecule is CCC(C)n1ccc(CNCCCBr)n1. The largest absolute Gasteiger partial charge is 0.311 e. The first-order chi connectivity index (χ1) is 7.27. The molecular formula is C11H20BrN3. The van der Waals surface area contributed by atoms with E-state index in [-0.39, 0.29) is 0 Å². The van der Waals surface area contributed by atoms with Gasteiger partial charge in [-0.05, 0) is 32.4 Å². The molecule has 0 saturated heterocycles. The van der Waals surface area contributed by atoms with Gasteiger partial charge in [0.15, 0.2) is 0 Å². The molecule has 0 bridgehead atoms. The molecule has 1 unspecified atom stereocenters. The average Bonchev–Trinajstić information content (AvgIpc) is 2.72. The van der Waals surface area contributed by atoms with Gasteiger partial charge in [-0.25, -0.2) is 0 Å². The van der Waals surface area contributed by atoms with Crippen LogP contribution in [-0.4, -0.2) is 21.7 Å². The summed E-state index contributed by atoms with van der Waals surface area (Å²) in [5.74, 6) is 0. The van der Waals surface area contributed by atoms with Crippen LogP contribution >= 0.6 is 15.9 Å². The first-order valence-electron chi connectivity index (χ1n) is 5.58. The van der Waals surface area contributed by atoms with Gasteiger partial charge in [0.2, 0.25) is 0 Å². The van der Waals surface area contributed by atoms with Crippen LogP contribution in [-0.2, 0) is 6.54 Å². The Morgan fingerprint density at radius 3 is 3.07 bits per heavy atom. The highest BCUT2D eigenvalue weighted by Gasteiger charge is 2.03. The fraction of sp³-hybridized carbons (Fsp3) is 0.727. The maximum Gasteiger partial charge on any atom is 0.0762 e. The van der Waals surface area contributed by atoms with E-state index in [0.29, 0.717) is 6.04 Å². The van der Waals surface area contributed by atoms with Gasteiger partial charge in [0.05, 0.1) is 5.69 Å². The number of nitrogens with one attached hydrogen (secondary N) is 1. The van der Waals surface area contributed by atoms with E-state index in [1.165, 1.54) is 0 Å². The molecule has 1 aromatic heterocycles. The lowest BCUT2D eigenvalue weighted by Crippen LogP contribution is -2.16. The van der Waals surface area contributed by atoms with E-state index < -0.39 is 0 Å². The molecule has 4 heteroatoms. The Labute approximate surface area is 100 Å². The van der Waals surface area contributed by atoms with Crippen molar-refractivity contribution in [3.63, 3.8) is 0 Å². The van der Waals surface area contributed by atoms with E-state index >= 15 is 0 Å². The predicted molar refractivity (Wildman–Crippen MR) is 67.3 cm³/mol. The van der Waals surface area contributed by atoms with Gasteiger partial charge in [0.25, 0.3) is 0 Å². The Bertz CT molecular complexity index is 273. The average molecular weight is 274 g/mol. The number of aromatic nitrogens is 2. The second kappa shape index (κ2) is 7.01. The molecule has 0 saturated carbocycles. The molecule has 0 amide bonds. The molecule has 15 heavy (non-hydrogen) atoms. The van der Waals surface area contributed by atoms with Crippen molar-refractivity contribution in [3.05, 3.63) is 18.0 Å². The van der Waals surface area contributed by atoms with Crippen LogP contribution in [0.15, 0.2) is 12.3 Å². The zero-order valence-corrected chi connectivity index (χ0v) is 11.1. The minimum absolute atomic E-state index is 0.501. The molecule has 0 aliphatic rings. The summed E-state index contributed by atoms with van der Waals surface area (Å²) in [6.45, 7) is 6.28. The molecule has 3 nitrogen and oxygen atoms in total. The number of nitrogens with zero attached hydrogens (tertiary/aromatic N) is 2. The van der Waals surface area contributed by atoms with Crippen molar-refractivity contribution in [1.29, 1.82) is 0 Å². The standard InChI is InChI=1S/C11H20BrN3/c1-3-10(2)15-8-5-11(14-15)9-13-7-4-6-12/h5,8,10,13H,3-4,6-7,9H2,1-2H3. The molecule has 1 N–H and O–H groups in total. The maximum atomic E-state index is 4.52. The van der Waals surface area contributed by atoms with Gasteiger partial charge < -0.3 is 5.32 Å². The number of halogens is 1. The highest BCUT2D eigenvalue weighted by molar-refractivity contribution is 9.09. The Kier molecular flexibility index (Phi) is 5.95. The van der Waals surface area contributed by atoms with Crippen LogP contribution in [0.4, 0.5) is 0 Å². The second-order valence-corrected chi connectivity index (χ2v) is 4.56. The zero-order valence-electron chi connectivity index (χ0n) is 9.54. The van der Waals surface area contributed by atoms with Crippen LogP contribution in [0, 0.1) is 0 Å². The van der Waals surface area contributed by atoms with Crippen LogP contribution < -0.4 is 5.32 Å². The maximum absolute atomic E-state index is 4.52. The summed E-state index contributed by atoms with van der Waals surface area (Å²) in [6.07, 6.45) is 4.35. The molecule has 0 radical (unpaired) electrons. The molecule has 0 aliphatic heterocycles. The Hall–Kier alpha value is -0.350. The predicted octanol–water partition coefficient (Wildman–Crippen LogP) is 2.73. The fourth-order valence-corrected chi connectivity index (χ4v) is 1.59. The summed E-state index contributed by atoms with van der Waals surface area (Å²) in [5, 5.41) is 8.94. The van der Waals surface area contributed by atoms with Crippen molar-refractivity contribution in [2.24, 2.45) is 0 Å². The summed E-state index contributed by atoms with van der Waals surface area (Å²) in [6, 6.07) is 2.59. The third kappa shape index (κ3) is 4.34. The molecule has 1 atom stereocenters. The van der Waals surface area contributed by atoms with Gasteiger partial charge in [0, 0.05) is 24.1 Å². The number of rotatable bonds is 7. The Morgan fingerprint density at radius 2 is 2.40 bits per heavy atom. The molecule has 0 aliphatic carbocycles. The van der Waals surface area contributed by atoms with Crippen molar-refractivity contribution < 1.29 is 0 Å². The Balaban J connectivity index is 2.33. The number of hydrogen-bond acceptors (Lipinski definition) is 2. The smallest absolute Gasteiger partial charge is 0.0762 e. The highest BCUT2D eigenvalue weighted by Crippen LogP contribution is 2.08. The van der Waals surface area contributed by atoms with E-state index in [0.717, 1.165) is 37.0 Å². The van der Waals surface area contributed by atoms with Gasteiger partial charge in [-0.2, -0.15) is 5.10 Å². The van der Waals surface area contributed by atoms with Gasteiger partial charge in [0.1, 0.15) is 0 Å². The van der Waals surface area contributed by atoms with E-state index in [9.17, 15) is 0 Å². The van der Waals surface area contributed by atoms with Crippen molar-refractivity contribution in [2.75, 3.05) is 11.9 Å². The Morgan fingerprint density at radius 1 is 1.60 bits per heavy atom. The first kappa shape index (κ1) is 12.7. The summed E-state index contributed by atoms with van der Waals surface area (Å²) in [5.41, 5.74) is 1.13. The van der Waals surface area contributed by atoms with E-state index in [4.69, 9.17) is 0 Å². The van der Waals surface area contributed by atoms with E-state index in [1.807, 2.05) is 4.68 Å². The fourth-order valence-electron chi connectivity index (χ4n) is 1.31. The summed E-state index contributed by atoms with van der Waals surface area (Å²) >= 11 is 3.41. The van der Waals surface area contributed by atoms with Crippen molar-refractivity contribution in [1.82, 2.24) is 15.1 Å². The highest BCUT2D eigenvalue weighted by atomic mass is 79.9. The monoisotopic (exact) mass is 273 g/mol. The summed E-state index contributed by atoms with van der Waals surface area (Å²) < 4.78 is 2.04. The van der Waals surface area contributed by atoms with Crippen LogP contribution in [0.2, 0.25) is 0 Å². The quantitative estimate of drug-likeness (QED) is 0.612. The third-order valence-electron chi connectivity index (χ3n) is 2.50. The topological polar surface area (TPSA) is 29.9 Å². The van der Waals surface area contributed by atoms with Crippen LogP contribution in [0.5, 0.6) is 0 Å². The molecule has 0 aromatic carbocycles. The van der Waals surface area contributed by atoms with Crippen molar-refractivity contribution in [3.8, 4) is 0 Å². The lowest BCUT2D eigenvalue weighted by atomic mass is 10.3. The van der Waals surface area contributed by atoms with Crippen molar-refractivity contribution in [2.45, 2.75) is 39.3 Å². The molecule has 86 valence electrons. The lowest BCUT2D eigenvalue weighted by Gasteiger charge is -2.08. The molecule has 1 aromatic rings. The van der Waals surface area contributed by atoms with E-state index in [2.05, 4.69) is 52.5 Å². The van der Waals surface area contributed by atoms with Gasteiger partial charge in [-0.1, -0.05) is 22.9 Å². The van der Waals surface area contributed by atoms with Gasteiger partial charge >= 0.3 is 0 Å². The molecule has 0 fully saturated rings. The molecule has 1 heterocycles. The summed E-state index contributed by atoms with van der Waals surface area (Å²) in [4.78, 5) is 0. The lowest BCUT2D eigenvalue weighted by molar-refractivity contribution is 0.471. The second-order valence-electron chi connectivity index (χ2n) is 3.76. The third-order valence-corrected chi connectivity index (χ3v) is 3.06. The first-order valence-corrected chi connectivity index (χ1v) is 6.70. The number of hydrogen-bond donors (Lipinski definition) is 1. The van der Waals surface area contributed by atoms with Gasteiger partial charge in [-0.3, -0.25) is 4.68 Å². The number of alkyl halides is 1. The van der Waals surface area contributed by atoms with Crippen molar-refractivity contribution >= 4 is 15.9 Å². The van der Waals surface area contributed by atoms with Crippen LogP contribution in [0.3, 0.4) is 0 Å². The minimum atomic E-state index is 0.501. The van der Waals surface area contributed by atoms with Gasteiger partial charge in [-0.15, -0.1) is 0 Å². The summed E-state index contributed by atoms with van der Waals surface area (Å²) in [7, 11) is 0. The molecule has 0 spiro atoms. The van der Waals surface area contributed by atoms with E-state index in [1.54, 1.807) is 0 Å². The van der Waals surface area contributed by atoms with Crippen LogP contribution in [0.25, 0.3) is 0 Å². The minimum Gasteiger partial charge on any atom is -0.311 e. The molecule has 1 rings (SSSR count). The molecular weight excluding hydrogens is 254 g/mol. The van der Waals surface area contributed by atoms with Crippen LogP contribution in [0.1, 0.15) is 38.4 Å². The normalized spacial score (nSPS) is 13.0. The zero-order chi connectivity index (χ0) is 11.1.